The van der Waals surface area contributed by atoms with Crippen LogP contribution in [0, 0.1) is 0 Å². The SMILES string of the molecule is CCNC(=S)N/N=C\c1ccc(OCC(=O)[O-])cc1. The zero-order chi connectivity index (χ0) is 14.1. The topological polar surface area (TPSA) is 85.8 Å². The molecule has 0 saturated carbocycles. The summed E-state index contributed by atoms with van der Waals surface area (Å²) in [6.45, 7) is 2.20. The van der Waals surface area contributed by atoms with E-state index in [0.29, 0.717) is 10.9 Å². The van der Waals surface area contributed by atoms with Crippen molar-refractivity contribution in [2.45, 2.75) is 6.92 Å². The van der Waals surface area contributed by atoms with E-state index in [2.05, 4.69) is 15.8 Å². The van der Waals surface area contributed by atoms with E-state index in [9.17, 15) is 9.90 Å². The molecule has 0 radical (unpaired) electrons. The molecule has 2 N–H and O–H groups in total. The summed E-state index contributed by atoms with van der Waals surface area (Å²) >= 11 is 4.93. The summed E-state index contributed by atoms with van der Waals surface area (Å²) in [4.78, 5) is 10.2. The van der Waals surface area contributed by atoms with Crippen LogP contribution < -0.4 is 20.6 Å². The quantitative estimate of drug-likeness (QED) is 0.420. The van der Waals surface area contributed by atoms with Gasteiger partial charge in [0.25, 0.3) is 0 Å². The molecular formula is C12H14N3O3S-. The zero-order valence-corrected chi connectivity index (χ0v) is 11.2. The normalized spacial score (nSPS) is 10.2. The van der Waals surface area contributed by atoms with Gasteiger partial charge < -0.3 is 20.0 Å². The number of hydrazone groups is 1. The molecule has 0 aliphatic carbocycles. The average Bonchev–Trinajstić information content (AvgIpc) is 2.38. The summed E-state index contributed by atoms with van der Waals surface area (Å²) in [5, 5.41) is 17.5. The van der Waals surface area contributed by atoms with Gasteiger partial charge in [-0.15, -0.1) is 0 Å². The smallest absolute Gasteiger partial charge is 0.186 e. The van der Waals surface area contributed by atoms with E-state index in [4.69, 9.17) is 17.0 Å². The Morgan fingerprint density at radius 1 is 1.47 bits per heavy atom. The first-order valence-corrected chi connectivity index (χ1v) is 6.02. The van der Waals surface area contributed by atoms with E-state index in [0.717, 1.165) is 12.1 Å². The van der Waals surface area contributed by atoms with Crippen molar-refractivity contribution in [3.63, 3.8) is 0 Å². The van der Waals surface area contributed by atoms with Crippen LogP contribution in [0.25, 0.3) is 0 Å². The van der Waals surface area contributed by atoms with E-state index in [1.165, 1.54) is 0 Å². The van der Waals surface area contributed by atoms with Crippen molar-refractivity contribution in [1.82, 2.24) is 10.7 Å². The summed E-state index contributed by atoms with van der Waals surface area (Å²) in [6.07, 6.45) is 1.59. The Morgan fingerprint density at radius 3 is 2.74 bits per heavy atom. The molecule has 7 heteroatoms. The van der Waals surface area contributed by atoms with Gasteiger partial charge in [0.1, 0.15) is 12.4 Å². The van der Waals surface area contributed by atoms with Crippen LogP contribution in [0.1, 0.15) is 12.5 Å². The van der Waals surface area contributed by atoms with Gasteiger partial charge in [-0.25, -0.2) is 0 Å². The molecule has 1 aromatic carbocycles. The molecule has 19 heavy (non-hydrogen) atoms. The Kier molecular flexibility index (Phi) is 6.31. The summed E-state index contributed by atoms with van der Waals surface area (Å²) < 4.78 is 4.94. The highest BCUT2D eigenvalue weighted by molar-refractivity contribution is 7.80. The molecule has 1 rings (SSSR count). The molecule has 0 aromatic heterocycles. The lowest BCUT2D eigenvalue weighted by atomic mass is 10.2. The maximum atomic E-state index is 10.2. The maximum absolute atomic E-state index is 10.2. The first-order valence-electron chi connectivity index (χ1n) is 5.61. The van der Waals surface area contributed by atoms with E-state index in [1.807, 2.05) is 6.92 Å². The van der Waals surface area contributed by atoms with Gasteiger partial charge in [0.05, 0.1) is 12.2 Å². The lowest BCUT2D eigenvalue weighted by molar-refractivity contribution is -0.307. The number of hydrogen-bond acceptors (Lipinski definition) is 5. The Labute approximate surface area is 116 Å². The Bertz CT molecular complexity index is 460. The highest BCUT2D eigenvalue weighted by Gasteiger charge is 1.94. The number of hydrogen-bond donors (Lipinski definition) is 2. The number of rotatable bonds is 6. The second-order valence-electron chi connectivity index (χ2n) is 3.46. The van der Waals surface area contributed by atoms with Gasteiger partial charge in [-0.3, -0.25) is 5.43 Å². The van der Waals surface area contributed by atoms with Crippen LogP contribution in [-0.2, 0) is 4.79 Å². The number of aliphatic carboxylic acids is 1. The number of nitrogens with one attached hydrogen (secondary N) is 2. The van der Waals surface area contributed by atoms with Gasteiger partial charge in [-0.1, -0.05) is 0 Å². The predicted octanol–water partition coefficient (Wildman–Crippen LogP) is -0.367. The number of carboxylic acid groups (broad SMARTS) is 1. The molecule has 0 atom stereocenters. The summed E-state index contributed by atoms with van der Waals surface area (Å²) in [6, 6.07) is 6.78. The highest BCUT2D eigenvalue weighted by atomic mass is 32.1. The molecular weight excluding hydrogens is 266 g/mol. The van der Waals surface area contributed by atoms with Gasteiger partial charge in [0.15, 0.2) is 5.11 Å². The predicted molar refractivity (Wildman–Crippen MR) is 73.9 cm³/mol. The number of carbonyl (C=O) groups excluding carboxylic acids is 1. The van der Waals surface area contributed by atoms with Crippen molar-refractivity contribution in [3.05, 3.63) is 29.8 Å². The van der Waals surface area contributed by atoms with Gasteiger partial charge in [0, 0.05) is 6.54 Å². The number of benzene rings is 1. The molecule has 0 aliphatic rings. The van der Waals surface area contributed by atoms with E-state index < -0.39 is 12.6 Å². The minimum atomic E-state index is -1.26. The maximum Gasteiger partial charge on any atom is 0.186 e. The van der Waals surface area contributed by atoms with Gasteiger partial charge in [-0.2, -0.15) is 5.10 Å². The fraction of sp³-hybridized carbons (Fsp3) is 0.250. The Hall–Kier alpha value is -2.15. The molecule has 102 valence electrons. The molecule has 1 aromatic rings. The summed E-state index contributed by atoms with van der Waals surface area (Å²) in [5.41, 5.74) is 3.49. The molecule has 0 spiro atoms. The number of carbonyl (C=O) groups is 1. The first kappa shape index (κ1) is 14.9. The molecule has 0 saturated heterocycles. The molecule has 0 bridgehead atoms. The minimum Gasteiger partial charge on any atom is -0.546 e. The van der Waals surface area contributed by atoms with Crippen LogP contribution in [0.3, 0.4) is 0 Å². The van der Waals surface area contributed by atoms with Crippen LogP contribution in [0.2, 0.25) is 0 Å². The monoisotopic (exact) mass is 280 g/mol. The molecule has 0 amide bonds. The Morgan fingerprint density at radius 2 is 2.16 bits per heavy atom. The number of thiocarbonyl (C=S) groups is 1. The fourth-order valence-electron chi connectivity index (χ4n) is 1.16. The van der Waals surface area contributed by atoms with Gasteiger partial charge >= 0.3 is 0 Å². The molecule has 0 aliphatic heterocycles. The third-order valence-electron chi connectivity index (χ3n) is 1.95. The van der Waals surface area contributed by atoms with Crippen molar-refractivity contribution in [2.75, 3.05) is 13.2 Å². The lowest BCUT2D eigenvalue weighted by Gasteiger charge is -2.06. The molecule has 0 unspecified atom stereocenters. The van der Waals surface area contributed by atoms with Crippen LogP contribution in [0.4, 0.5) is 0 Å². The van der Waals surface area contributed by atoms with Crippen LogP contribution in [0.5, 0.6) is 5.75 Å². The highest BCUT2D eigenvalue weighted by Crippen LogP contribution is 2.10. The standard InChI is InChI=1S/C12H15N3O3S/c1-2-13-12(19)15-14-7-9-3-5-10(6-4-9)18-8-11(16)17/h3-7H,2,8H2,1H3,(H,16,17)(H2,13,15,19)/p-1/b14-7-. The fourth-order valence-corrected chi connectivity index (χ4v) is 1.35. The van der Waals surface area contributed by atoms with Crippen molar-refractivity contribution in [2.24, 2.45) is 5.10 Å². The number of carboxylic acids is 1. The zero-order valence-electron chi connectivity index (χ0n) is 10.4. The summed E-state index contributed by atoms with van der Waals surface area (Å²) in [7, 11) is 0. The van der Waals surface area contributed by atoms with E-state index in [-0.39, 0.29) is 0 Å². The van der Waals surface area contributed by atoms with Crippen molar-refractivity contribution < 1.29 is 14.6 Å². The second-order valence-corrected chi connectivity index (χ2v) is 3.87. The number of nitrogens with zero attached hydrogens (tertiary/aromatic N) is 1. The largest absolute Gasteiger partial charge is 0.546 e. The average molecular weight is 280 g/mol. The summed E-state index contributed by atoms with van der Waals surface area (Å²) in [5.74, 6) is -0.802. The third kappa shape index (κ3) is 6.37. The van der Waals surface area contributed by atoms with Gasteiger partial charge in [0.2, 0.25) is 0 Å². The Balaban J connectivity index is 2.45. The number of ether oxygens (including phenoxy) is 1. The van der Waals surface area contributed by atoms with Gasteiger partial charge in [-0.05, 0) is 49.0 Å². The van der Waals surface area contributed by atoms with E-state index >= 15 is 0 Å². The van der Waals surface area contributed by atoms with Crippen LogP contribution in [0.15, 0.2) is 29.4 Å². The molecule has 0 heterocycles. The van der Waals surface area contributed by atoms with Crippen molar-refractivity contribution in [3.8, 4) is 5.75 Å². The lowest BCUT2D eigenvalue weighted by Crippen LogP contribution is -2.31. The van der Waals surface area contributed by atoms with Crippen molar-refractivity contribution >= 4 is 29.5 Å². The third-order valence-corrected chi connectivity index (χ3v) is 2.19. The second kappa shape index (κ2) is 8.04. The van der Waals surface area contributed by atoms with Crippen LogP contribution >= 0.6 is 12.2 Å². The molecule has 0 fully saturated rings. The minimum absolute atomic E-state index is 0.452. The van der Waals surface area contributed by atoms with Crippen LogP contribution in [-0.4, -0.2) is 30.4 Å². The first-order chi connectivity index (χ1) is 9.11. The van der Waals surface area contributed by atoms with E-state index in [1.54, 1.807) is 30.5 Å². The molecule has 6 nitrogen and oxygen atoms in total. The van der Waals surface area contributed by atoms with Crippen molar-refractivity contribution in [1.29, 1.82) is 0 Å².